The van der Waals surface area contributed by atoms with Crippen LogP contribution in [0.2, 0.25) is 0 Å². The maximum atomic E-state index is 10.3. The van der Waals surface area contributed by atoms with Crippen LogP contribution in [-0.4, -0.2) is 14.9 Å². The monoisotopic (exact) mass is 252 g/mol. The van der Waals surface area contributed by atoms with Crippen LogP contribution in [0.1, 0.15) is 24.4 Å². The maximum Gasteiger partial charge on any atom is 0.217 e. The van der Waals surface area contributed by atoms with E-state index in [0.717, 1.165) is 18.4 Å². The highest BCUT2D eigenvalue weighted by Gasteiger charge is 2.31. The van der Waals surface area contributed by atoms with Crippen molar-refractivity contribution in [1.82, 2.24) is 9.78 Å². The van der Waals surface area contributed by atoms with Gasteiger partial charge in [-0.2, -0.15) is 10.4 Å². The van der Waals surface area contributed by atoms with Crippen molar-refractivity contribution in [2.45, 2.75) is 18.9 Å². The molecule has 1 aliphatic rings. The van der Waals surface area contributed by atoms with Gasteiger partial charge in [-0.1, -0.05) is 12.1 Å². The van der Waals surface area contributed by atoms with E-state index in [4.69, 9.17) is 5.26 Å². The summed E-state index contributed by atoms with van der Waals surface area (Å²) in [7, 11) is 0. The predicted molar refractivity (Wildman–Crippen MR) is 71.2 cm³/mol. The summed E-state index contributed by atoms with van der Waals surface area (Å²) in [5, 5.41) is 23.3. The minimum atomic E-state index is -0.00729. The SMILES string of the molecule is [CH2]C(C1CC1)n1ncc(-c2ccc(C#N)cc2)c1O. The molecular weight excluding hydrogens is 238 g/mol. The lowest BCUT2D eigenvalue weighted by Gasteiger charge is -2.11. The number of rotatable bonds is 3. The van der Waals surface area contributed by atoms with Crippen molar-refractivity contribution in [2.24, 2.45) is 5.92 Å². The van der Waals surface area contributed by atoms with Crippen LogP contribution in [0.15, 0.2) is 30.5 Å². The molecule has 4 heteroatoms. The number of hydrogen-bond acceptors (Lipinski definition) is 3. The van der Waals surface area contributed by atoms with E-state index in [0.29, 0.717) is 17.0 Å². The Bertz CT molecular complexity index is 632. The summed E-state index contributed by atoms with van der Waals surface area (Å²) in [6, 6.07) is 9.16. The molecule has 0 bridgehead atoms. The van der Waals surface area contributed by atoms with Gasteiger partial charge in [-0.3, -0.25) is 0 Å². The molecule has 95 valence electrons. The van der Waals surface area contributed by atoms with Gasteiger partial charge in [-0.25, -0.2) is 4.68 Å². The van der Waals surface area contributed by atoms with E-state index >= 15 is 0 Å². The summed E-state index contributed by atoms with van der Waals surface area (Å²) in [5.74, 6) is 0.677. The van der Waals surface area contributed by atoms with Crippen molar-refractivity contribution in [2.75, 3.05) is 0 Å². The standard InChI is InChI=1S/C15H14N3O/c1-10(12-6-7-12)18-15(19)14(9-17-18)13-4-2-11(8-16)3-5-13/h2-5,9-10,12,19H,1,6-7H2. The van der Waals surface area contributed by atoms with Gasteiger partial charge in [0.05, 0.1) is 29.4 Å². The second kappa shape index (κ2) is 4.43. The minimum absolute atomic E-state index is 0.00729. The number of aromatic hydroxyl groups is 1. The third-order valence-electron chi connectivity index (χ3n) is 3.57. The first kappa shape index (κ1) is 11.8. The Morgan fingerprint density at radius 1 is 1.37 bits per heavy atom. The fourth-order valence-corrected chi connectivity index (χ4v) is 2.21. The normalized spacial score (nSPS) is 16.0. The zero-order valence-electron chi connectivity index (χ0n) is 10.5. The van der Waals surface area contributed by atoms with Crippen molar-refractivity contribution in [3.63, 3.8) is 0 Å². The number of nitriles is 1. The van der Waals surface area contributed by atoms with E-state index in [9.17, 15) is 5.11 Å². The van der Waals surface area contributed by atoms with Crippen LogP contribution < -0.4 is 0 Å². The van der Waals surface area contributed by atoms with Crippen LogP contribution in [0.3, 0.4) is 0 Å². The van der Waals surface area contributed by atoms with Gasteiger partial charge in [-0.05, 0) is 43.4 Å². The molecule has 0 aliphatic heterocycles. The molecule has 3 rings (SSSR count). The van der Waals surface area contributed by atoms with Crippen LogP contribution in [-0.2, 0) is 0 Å². The Morgan fingerprint density at radius 3 is 2.63 bits per heavy atom. The van der Waals surface area contributed by atoms with Gasteiger partial charge in [-0.15, -0.1) is 0 Å². The lowest BCUT2D eigenvalue weighted by Crippen LogP contribution is -2.08. The molecule has 2 aromatic rings. The van der Waals surface area contributed by atoms with E-state index in [1.54, 1.807) is 23.0 Å². The van der Waals surface area contributed by atoms with Gasteiger partial charge in [0.2, 0.25) is 5.88 Å². The average Bonchev–Trinajstić information content (AvgIpc) is 3.22. The van der Waals surface area contributed by atoms with Gasteiger partial charge in [0, 0.05) is 0 Å². The van der Waals surface area contributed by atoms with Crippen molar-refractivity contribution >= 4 is 0 Å². The Kier molecular flexibility index (Phi) is 2.75. The van der Waals surface area contributed by atoms with Gasteiger partial charge in [0.15, 0.2) is 0 Å². The van der Waals surface area contributed by atoms with Crippen LogP contribution in [0.4, 0.5) is 0 Å². The molecule has 1 unspecified atom stereocenters. The molecule has 1 fully saturated rings. The zero-order chi connectivity index (χ0) is 13.4. The van der Waals surface area contributed by atoms with Crippen LogP contribution in [0.25, 0.3) is 11.1 Å². The third kappa shape index (κ3) is 2.08. The maximum absolute atomic E-state index is 10.3. The Labute approximate surface area is 111 Å². The molecule has 0 spiro atoms. The highest BCUT2D eigenvalue weighted by atomic mass is 16.3. The molecule has 19 heavy (non-hydrogen) atoms. The van der Waals surface area contributed by atoms with E-state index in [1.807, 2.05) is 12.1 Å². The Morgan fingerprint density at radius 2 is 2.05 bits per heavy atom. The van der Waals surface area contributed by atoms with Crippen LogP contribution in [0.5, 0.6) is 5.88 Å². The quantitative estimate of drug-likeness (QED) is 0.913. The fraction of sp³-hybridized carbons (Fsp3) is 0.267. The van der Waals surface area contributed by atoms with E-state index in [1.165, 1.54) is 0 Å². The Balaban J connectivity index is 1.94. The molecule has 0 amide bonds. The van der Waals surface area contributed by atoms with Crippen LogP contribution in [0, 0.1) is 24.2 Å². The number of aromatic nitrogens is 2. The van der Waals surface area contributed by atoms with Gasteiger partial charge in [0.1, 0.15) is 0 Å². The summed E-state index contributed by atoms with van der Waals surface area (Å²) in [5.41, 5.74) is 2.13. The molecule has 1 saturated carbocycles. The summed E-state index contributed by atoms with van der Waals surface area (Å²) in [4.78, 5) is 0. The molecule has 4 nitrogen and oxygen atoms in total. The largest absolute Gasteiger partial charge is 0.493 e. The number of benzene rings is 1. The topological polar surface area (TPSA) is 61.8 Å². The molecule has 1 aromatic heterocycles. The summed E-state index contributed by atoms with van der Waals surface area (Å²) in [6.07, 6.45) is 3.95. The van der Waals surface area contributed by atoms with Gasteiger partial charge in [0.25, 0.3) is 0 Å². The lowest BCUT2D eigenvalue weighted by atomic mass is 10.1. The highest BCUT2D eigenvalue weighted by molar-refractivity contribution is 5.68. The van der Waals surface area contributed by atoms with Gasteiger partial charge >= 0.3 is 0 Å². The molecule has 1 N–H and O–H groups in total. The molecule has 1 aliphatic carbocycles. The van der Waals surface area contributed by atoms with Crippen molar-refractivity contribution in [3.05, 3.63) is 42.9 Å². The minimum Gasteiger partial charge on any atom is -0.493 e. The number of nitrogens with zero attached hydrogens (tertiary/aromatic N) is 3. The predicted octanol–water partition coefficient (Wildman–Crippen LogP) is 2.91. The van der Waals surface area contributed by atoms with E-state index < -0.39 is 0 Å². The molecular formula is C15H14N3O. The summed E-state index contributed by atoms with van der Waals surface area (Å²) >= 11 is 0. The summed E-state index contributed by atoms with van der Waals surface area (Å²) < 4.78 is 1.59. The molecule has 0 saturated heterocycles. The molecule has 1 heterocycles. The van der Waals surface area contributed by atoms with Gasteiger partial charge < -0.3 is 5.11 Å². The first-order chi connectivity index (χ1) is 9.20. The van der Waals surface area contributed by atoms with Crippen molar-refractivity contribution in [1.29, 1.82) is 5.26 Å². The van der Waals surface area contributed by atoms with Crippen molar-refractivity contribution < 1.29 is 5.11 Å². The molecule has 1 aromatic carbocycles. The van der Waals surface area contributed by atoms with Crippen molar-refractivity contribution in [3.8, 4) is 23.1 Å². The smallest absolute Gasteiger partial charge is 0.217 e. The average molecular weight is 252 g/mol. The first-order valence-corrected chi connectivity index (χ1v) is 6.31. The van der Waals surface area contributed by atoms with Crippen LogP contribution >= 0.6 is 0 Å². The fourth-order valence-electron chi connectivity index (χ4n) is 2.21. The first-order valence-electron chi connectivity index (χ1n) is 6.31. The third-order valence-corrected chi connectivity index (χ3v) is 3.57. The Hall–Kier alpha value is -2.28. The summed E-state index contributed by atoms with van der Waals surface area (Å²) in [6.45, 7) is 4.06. The lowest BCUT2D eigenvalue weighted by molar-refractivity contribution is 0.365. The zero-order valence-corrected chi connectivity index (χ0v) is 10.5. The molecule has 1 radical (unpaired) electrons. The number of hydrogen-bond donors (Lipinski definition) is 1. The van der Waals surface area contributed by atoms with E-state index in [-0.39, 0.29) is 11.9 Å². The van der Waals surface area contributed by atoms with E-state index in [2.05, 4.69) is 18.1 Å². The second-order valence-corrected chi connectivity index (χ2v) is 4.92. The second-order valence-electron chi connectivity index (χ2n) is 4.92. The highest BCUT2D eigenvalue weighted by Crippen LogP contribution is 2.42. The molecule has 1 atom stereocenters.